The third-order valence-corrected chi connectivity index (χ3v) is 4.05. The highest BCUT2D eigenvalue weighted by atomic mass is 16.3. The first-order valence-electron chi connectivity index (χ1n) is 8.30. The van der Waals surface area contributed by atoms with Gasteiger partial charge in [0.1, 0.15) is 11.5 Å². The Labute approximate surface area is 148 Å². The minimum absolute atomic E-state index is 0.0150. The van der Waals surface area contributed by atoms with Gasteiger partial charge in [-0.25, -0.2) is 0 Å². The van der Waals surface area contributed by atoms with Gasteiger partial charge in [0, 0.05) is 12.7 Å². The molecule has 3 aromatic rings. The Hall–Kier alpha value is -3.01. The molecule has 0 radical (unpaired) electrons. The smallest absolute Gasteiger partial charge is 0.242 e. The van der Waals surface area contributed by atoms with E-state index >= 15 is 0 Å². The van der Waals surface area contributed by atoms with E-state index in [9.17, 15) is 4.79 Å². The number of furan rings is 1. The summed E-state index contributed by atoms with van der Waals surface area (Å²) in [5.41, 5.74) is 3.26. The highest BCUT2D eigenvalue weighted by Gasteiger charge is 2.11. The fourth-order valence-corrected chi connectivity index (χ4v) is 2.62. The molecule has 1 amide bonds. The van der Waals surface area contributed by atoms with Crippen LogP contribution in [0.25, 0.3) is 11.1 Å². The first-order chi connectivity index (χ1) is 12.1. The molecule has 0 fully saturated rings. The minimum Gasteiger partial charge on any atom is -0.464 e. The molecule has 0 aliphatic carbocycles. The van der Waals surface area contributed by atoms with Crippen LogP contribution in [0.3, 0.4) is 0 Å². The second-order valence-corrected chi connectivity index (χ2v) is 6.06. The van der Waals surface area contributed by atoms with Crippen LogP contribution in [0.15, 0.2) is 71.1 Å². The van der Waals surface area contributed by atoms with E-state index in [1.54, 1.807) is 11.9 Å². The van der Waals surface area contributed by atoms with Gasteiger partial charge in [0.15, 0.2) is 0 Å². The van der Waals surface area contributed by atoms with Crippen molar-refractivity contribution < 1.29 is 9.21 Å². The normalized spacial score (nSPS) is 10.5. The van der Waals surface area contributed by atoms with Gasteiger partial charge < -0.3 is 14.6 Å². The van der Waals surface area contributed by atoms with E-state index in [1.165, 1.54) is 5.56 Å². The van der Waals surface area contributed by atoms with Gasteiger partial charge in [-0.1, -0.05) is 42.5 Å². The van der Waals surface area contributed by atoms with Gasteiger partial charge >= 0.3 is 0 Å². The summed E-state index contributed by atoms with van der Waals surface area (Å²) < 4.78 is 5.51. The fraction of sp³-hybridized carbons (Fsp3) is 0.190. The van der Waals surface area contributed by atoms with Crippen molar-refractivity contribution in [2.75, 3.05) is 18.9 Å². The SMILES string of the molecule is Cc1ccc(CN(C)C(=O)CNc2ccc(-c3ccccc3)cc2)o1. The number of nitrogens with zero attached hydrogens (tertiary/aromatic N) is 1. The standard InChI is InChI=1S/C21H22N2O2/c1-16-8-13-20(25-16)15-23(2)21(24)14-22-19-11-9-18(10-12-19)17-6-4-3-5-7-17/h3-13,22H,14-15H2,1-2H3. The predicted molar refractivity (Wildman–Crippen MR) is 100 cm³/mol. The maximum atomic E-state index is 12.2. The molecule has 0 unspecified atom stereocenters. The molecule has 0 spiro atoms. The zero-order chi connectivity index (χ0) is 17.6. The molecule has 1 heterocycles. The maximum Gasteiger partial charge on any atom is 0.242 e. The molecule has 4 nitrogen and oxygen atoms in total. The van der Waals surface area contributed by atoms with Gasteiger partial charge in [-0.2, -0.15) is 0 Å². The minimum atomic E-state index is 0.0150. The molecule has 25 heavy (non-hydrogen) atoms. The monoisotopic (exact) mass is 334 g/mol. The molecule has 1 aromatic heterocycles. The Kier molecular flexibility index (Phi) is 5.19. The summed E-state index contributed by atoms with van der Waals surface area (Å²) in [7, 11) is 1.78. The number of aryl methyl sites for hydroxylation is 1. The molecule has 3 rings (SSSR count). The van der Waals surface area contributed by atoms with Crippen LogP contribution in [0.5, 0.6) is 0 Å². The van der Waals surface area contributed by atoms with Crippen LogP contribution in [0, 0.1) is 6.92 Å². The molecule has 0 aliphatic heterocycles. The van der Waals surface area contributed by atoms with E-state index in [-0.39, 0.29) is 12.5 Å². The molecule has 128 valence electrons. The van der Waals surface area contributed by atoms with Crippen molar-refractivity contribution in [3.63, 3.8) is 0 Å². The second kappa shape index (κ2) is 7.71. The topological polar surface area (TPSA) is 45.5 Å². The number of anilines is 1. The van der Waals surface area contributed by atoms with Crippen LogP contribution in [0.1, 0.15) is 11.5 Å². The zero-order valence-electron chi connectivity index (χ0n) is 14.5. The van der Waals surface area contributed by atoms with Gasteiger partial charge in [0.05, 0.1) is 13.1 Å². The molecule has 0 atom stereocenters. The van der Waals surface area contributed by atoms with Gasteiger partial charge in [0.25, 0.3) is 0 Å². The first-order valence-corrected chi connectivity index (χ1v) is 8.30. The molecule has 0 saturated heterocycles. The summed E-state index contributed by atoms with van der Waals surface area (Å²) >= 11 is 0. The van der Waals surface area contributed by atoms with E-state index < -0.39 is 0 Å². The summed E-state index contributed by atoms with van der Waals surface area (Å²) in [6.07, 6.45) is 0. The average Bonchev–Trinajstić information content (AvgIpc) is 3.05. The summed E-state index contributed by atoms with van der Waals surface area (Å²) in [6.45, 7) is 2.62. The molecular weight excluding hydrogens is 312 g/mol. The Balaban J connectivity index is 1.53. The molecule has 2 aromatic carbocycles. The molecule has 0 saturated carbocycles. The van der Waals surface area contributed by atoms with E-state index in [0.717, 1.165) is 22.8 Å². The molecule has 0 aliphatic rings. The Morgan fingerprint density at radius 2 is 1.64 bits per heavy atom. The van der Waals surface area contributed by atoms with Gasteiger partial charge in [-0.3, -0.25) is 4.79 Å². The second-order valence-electron chi connectivity index (χ2n) is 6.06. The lowest BCUT2D eigenvalue weighted by molar-refractivity contribution is -0.128. The third-order valence-electron chi connectivity index (χ3n) is 4.05. The van der Waals surface area contributed by atoms with E-state index in [2.05, 4.69) is 29.6 Å². The van der Waals surface area contributed by atoms with Crippen LogP contribution in [-0.4, -0.2) is 24.4 Å². The number of benzene rings is 2. The number of likely N-dealkylation sites (N-methyl/N-ethyl adjacent to an activating group) is 1. The Morgan fingerprint density at radius 3 is 2.28 bits per heavy atom. The van der Waals surface area contributed by atoms with Crippen molar-refractivity contribution >= 4 is 11.6 Å². The van der Waals surface area contributed by atoms with Gasteiger partial charge in [0.2, 0.25) is 5.91 Å². The molecular formula is C21H22N2O2. The summed E-state index contributed by atoms with van der Waals surface area (Å²) in [6, 6.07) is 22.1. The van der Waals surface area contributed by atoms with Crippen LogP contribution in [0.4, 0.5) is 5.69 Å². The Bertz CT molecular complexity index is 823. The van der Waals surface area contributed by atoms with E-state index in [0.29, 0.717) is 6.54 Å². The molecule has 0 bridgehead atoms. The van der Waals surface area contributed by atoms with Gasteiger partial charge in [-0.05, 0) is 42.3 Å². The highest BCUT2D eigenvalue weighted by Crippen LogP contribution is 2.20. The number of hydrogen-bond acceptors (Lipinski definition) is 3. The lowest BCUT2D eigenvalue weighted by atomic mass is 10.1. The predicted octanol–water partition coefficient (Wildman–Crippen LogP) is 4.33. The highest BCUT2D eigenvalue weighted by molar-refractivity contribution is 5.80. The number of nitrogens with one attached hydrogen (secondary N) is 1. The van der Waals surface area contributed by atoms with Crippen molar-refractivity contribution in [2.45, 2.75) is 13.5 Å². The third kappa shape index (κ3) is 4.51. The van der Waals surface area contributed by atoms with Crippen LogP contribution in [0.2, 0.25) is 0 Å². The maximum absolute atomic E-state index is 12.2. The fourth-order valence-electron chi connectivity index (χ4n) is 2.62. The average molecular weight is 334 g/mol. The molecule has 4 heteroatoms. The van der Waals surface area contributed by atoms with E-state index in [1.807, 2.05) is 49.4 Å². The van der Waals surface area contributed by atoms with Crippen LogP contribution < -0.4 is 5.32 Å². The van der Waals surface area contributed by atoms with E-state index in [4.69, 9.17) is 4.42 Å². The Morgan fingerprint density at radius 1 is 0.960 bits per heavy atom. The number of carbonyl (C=O) groups is 1. The van der Waals surface area contributed by atoms with Gasteiger partial charge in [-0.15, -0.1) is 0 Å². The van der Waals surface area contributed by atoms with Crippen molar-refractivity contribution in [3.05, 3.63) is 78.3 Å². The number of rotatable bonds is 6. The number of amides is 1. The van der Waals surface area contributed by atoms with Crippen molar-refractivity contribution in [2.24, 2.45) is 0 Å². The van der Waals surface area contributed by atoms with Crippen LogP contribution in [-0.2, 0) is 11.3 Å². The van der Waals surface area contributed by atoms with Crippen molar-refractivity contribution in [1.82, 2.24) is 4.90 Å². The molecule has 1 N–H and O–H groups in total. The number of hydrogen-bond donors (Lipinski definition) is 1. The summed E-state index contributed by atoms with van der Waals surface area (Å²) in [4.78, 5) is 13.9. The quantitative estimate of drug-likeness (QED) is 0.730. The van der Waals surface area contributed by atoms with Crippen molar-refractivity contribution in [3.8, 4) is 11.1 Å². The summed E-state index contributed by atoms with van der Waals surface area (Å²) in [5.74, 6) is 1.66. The lowest BCUT2D eigenvalue weighted by Crippen LogP contribution is -2.31. The van der Waals surface area contributed by atoms with Crippen molar-refractivity contribution in [1.29, 1.82) is 0 Å². The lowest BCUT2D eigenvalue weighted by Gasteiger charge is -2.16. The largest absolute Gasteiger partial charge is 0.464 e. The zero-order valence-corrected chi connectivity index (χ0v) is 14.5. The number of carbonyl (C=O) groups excluding carboxylic acids is 1. The summed E-state index contributed by atoms with van der Waals surface area (Å²) in [5, 5.41) is 3.17. The van der Waals surface area contributed by atoms with Crippen LogP contribution >= 0.6 is 0 Å². The first kappa shape index (κ1) is 16.8.